The summed E-state index contributed by atoms with van der Waals surface area (Å²) in [4.78, 5) is 14.4. The zero-order chi connectivity index (χ0) is 16.4. The number of furan rings is 1. The van der Waals surface area contributed by atoms with Crippen molar-refractivity contribution in [2.75, 3.05) is 6.54 Å². The summed E-state index contributed by atoms with van der Waals surface area (Å²) in [5.41, 5.74) is 0.979. The molecular formula is C17H12BrNO2S2. The van der Waals surface area contributed by atoms with Gasteiger partial charge in [-0.05, 0) is 24.3 Å². The molecule has 116 valence electrons. The largest absolute Gasteiger partial charge is 0.457 e. The Bertz CT molecular complexity index is 808. The standard InChI is InChI=1S/C17H12BrNO2S2/c1-2-9-19-16(20)15(23-17(19)22)10-13-7-8-14(21-13)11-3-5-12(18)6-4-11/h2-8,10H,1,9H2. The molecule has 3 rings (SSSR count). The van der Waals surface area contributed by atoms with Crippen molar-refractivity contribution in [3.05, 3.63) is 64.2 Å². The lowest BCUT2D eigenvalue weighted by Crippen LogP contribution is -2.27. The minimum absolute atomic E-state index is 0.110. The number of thiocarbonyl (C=S) groups is 1. The molecule has 0 radical (unpaired) electrons. The third kappa shape index (κ3) is 3.49. The summed E-state index contributed by atoms with van der Waals surface area (Å²) in [6.45, 7) is 4.06. The van der Waals surface area contributed by atoms with Crippen molar-refractivity contribution in [2.24, 2.45) is 0 Å². The van der Waals surface area contributed by atoms with E-state index in [4.69, 9.17) is 16.6 Å². The van der Waals surface area contributed by atoms with Gasteiger partial charge in [0.1, 0.15) is 15.8 Å². The lowest BCUT2D eigenvalue weighted by Gasteiger charge is -2.10. The lowest BCUT2D eigenvalue weighted by atomic mass is 10.2. The van der Waals surface area contributed by atoms with Crippen molar-refractivity contribution in [3.63, 3.8) is 0 Å². The Balaban J connectivity index is 1.84. The second-order valence-corrected chi connectivity index (χ2v) is 7.38. The first kappa shape index (κ1) is 16.2. The van der Waals surface area contributed by atoms with Crippen LogP contribution in [0.4, 0.5) is 0 Å². The summed E-state index contributed by atoms with van der Waals surface area (Å²) in [5.74, 6) is 1.27. The summed E-state index contributed by atoms with van der Waals surface area (Å²) in [6, 6.07) is 11.6. The first-order valence-corrected chi connectivity index (χ1v) is 8.82. The molecule has 1 aromatic carbocycles. The van der Waals surface area contributed by atoms with Crippen molar-refractivity contribution >= 4 is 56.2 Å². The van der Waals surface area contributed by atoms with Crippen LogP contribution < -0.4 is 0 Å². The van der Waals surface area contributed by atoms with Crippen molar-refractivity contribution in [1.29, 1.82) is 0 Å². The van der Waals surface area contributed by atoms with E-state index in [2.05, 4.69) is 22.5 Å². The molecule has 1 aliphatic heterocycles. The van der Waals surface area contributed by atoms with Gasteiger partial charge in [0, 0.05) is 22.7 Å². The predicted octanol–water partition coefficient (Wildman–Crippen LogP) is 5.10. The number of benzene rings is 1. The van der Waals surface area contributed by atoms with Gasteiger partial charge in [-0.1, -0.05) is 58.1 Å². The van der Waals surface area contributed by atoms with E-state index in [1.54, 1.807) is 12.2 Å². The summed E-state index contributed by atoms with van der Waals surface area (Å²) in [7, 11) is 0. The molecule has 0 saturated carbocycles. The number of thioether (sulfide) groups is 1. The zero-order valence-corrected chi connectivity index (χ0v) is 15.2. The van der Waals surface area contributed by atoms with Gasteiger partial charge in [0.2, 0.25) is 0 Å². The van der Waals surface area contributed by atoms with Crippen LogP contribution in [-0.4, -0.2) is 21.7 Å². The SMILES string of the molecule is C=CCN1C(=O)C(=Cc2ccc(-c3ccc(Br)cc3)o2)SC1=S. The lowest BCUT2D eigenvalue weighted by molar-refractivity contribution is -0.121. The number of hydrogen-bond donors (Lipinski definition) is 0. The van der Waals surface area contributed by atoms with Crippen molar-refractivity contribution < 1.29 is 9.21 Å². The Morgan fingerprint density at radius 3 is 2.70 bits per heavy atom. The molecular weight excluding hydrogens is 394 g/mol. The summed E-state index contributed by atoms with van der Waals surface area (Å²) in [5, 5.41) is 0. The van der Waals surface area contributed by atoms with Gasteiger partial charge < -0.3 is 4.42 Å². The fraction of sp³-hybridized carbons (Fsp3) is 0.0588. The molecule has 3 nitrogen and oxygen atoms in total. The van der Waals surface area contributed by atoms with Gasteiger partial charge in [0.15, 0.2) is 0 Å². The van der Waals surface area contributed by atoms with Crippen LogP contribution in [0.5, 0.6) is 0 Å². The summed E-state index contributed by atoms with van der Waals surface area (Å²) < 4.78 is 7.37. The Morgan fingerprint density at radius 1 is 1.26 bits per heavy atom. The molecule has 1 amide bonds. The van der Waals surface area contributed by atoms with Crippen LogP contribution in [0.25, 0.3) is 17.4 Å². The van der Waals surface area contributed by atoms with Crippen molar-refractivity contribution in [2.45, 2.75) is 0 Å². The van der Waals surface area contributed by atoms with Crippen LogP contribution in [0, 0.1) is 0 Å². The van der Waals surface area contributed by atoms with Gasteiger partial charge in [0.25, 0.3) is 5.91 Å². The maximum absolute atomic E-state index is 12.3. The number of amides is 1. The minimum atomic E-state index is -0.110. The minimum Gasteiger partial charge on any atom is -0.457 e. The molecule has 0 unspecified atom stereocenters. The van der Waals surface area contributed by atoms with E-state index in [0.717, 1.165) is 15.8 Å². The van der Waals surface area contributed by atoms with Gasteiger partial charge in [0.05, 0.1) is 4.91 Å². The molecule has 23 heavy (non-hydrogen) atoms. The monoisotopic (exact) mass is 405 g/mol. The van der Waals surface area contributed by atoms with E-state index in [1.807, 2.05) is 36.4 Å². The molecule has 0 atom stereocenters. The van der Waals surface area contributed by atoms with Crippen molar-refractivity contribution in [1.82, 2.24) is 4.90 Å². The van der Waals surface area contributed by atoms with E-state index in [1.165, 1.54) is 16.7 Å². The average molecular weight is 406 g/mol. The molecule has 0 N–H and O–H groups in total. The van der Waals surface area contributed by atoms with Gasteiger partial charge in [-0.3, -0.25) is 9.69 Å². The first-order chi connectivity index (χ1) is 11.1. The van der Waals surface area contributed by atoms with Gasteiger partial charge >= 0.3 is 0 Å². The van der Waals surface area contributed by atoms with Gasteiger partial charge in [-0.15, -0.1) is 6.58 Å². The highest BCUT2D eigenvalue weighted by atomic mass is 79.9. The van der Waals surface area contributed by atoms with Gasteiger partial charge in [-0.2, -0.15) is 0 Å². The topological polar surface area (TPSA) is 33.5 Å². The molecule has 1 aromatic heterocycles. The van der Waals surface area contributed by atoms with E-state index in [0.29, 0.717) is 21.5 Å². The fourth-order valence-electron chi connectivity index (χ4n) is 2.12. The van der Waals surface area contributed by atoms with E-state index >= 15 is 0 Å². The molecule has 0 spiro atoms. The summed E-state index contributed by atoms with van der Waals surface area (Å²) >= 11 is 9.90. The molecule has 1 saturated heterocycles. The maximum Gasteiger partial charge on any atom is 0.266 e. The molecule has 1 fully saturated rings. The molecule has 1 aliphatic rings. The number of rotatable bonds is 4. The number of halogens is 1. The number of carbonyl (C=O) groups is 1. The van der Waals surface area contributed by atoms with Crippen molar-refractivity contribution in [3.8, 4) is 11.3 Å². The Kier molecular flexibility index (Phi) is 4.84. The third-order valence-corrected chi connectivity index (χ3v) is 5.12. The molecule has 2 aromatic rings. The highest BCUT2D eigenvalue weighted by Crippen LogP contribution is 2.33. The Labute approximate surface area is 152 Å². The molecule has 0 aliphatic carbocycles. The first-order valence-electron chi connectivity index (χ1n) is 6.80. The average Bonchev–Trinajstić information content (AvgIpc) is 3.09. The predicted molar refractivity (Wildman–Crippen MR) is 102 cm³/mol. The van der Waals surface area contributed by atoms with Crippen LogP contribution in [0.3, 0.4) is 0 Å². The maximum atomic E-state index is 12.3. The van der Waals surface area contributed by atoms with Gasteiger partial charge in [-0.25, -0.2) is 0 Å². The Morgan fingerprint density at radius 2 is 2.00 bits per heavy atom. The van der Waals surface area contributed by atoms with Crippen LogP contribution in [-0.2, 0) is 4.79 Å². The zero-order valence-electron chi connectivity index (χ0n) is 12.0. The molecule has 2 heterocycles. The van der Waals surface area contributed by atoms with E-state index < -0.39 is 0 Å². The highest BCUT2D eigenvalue weighted by molar-refractivity contribution is 9.10. The van der Waals surface area contributed by atoms with E-state index in [9.17, 15) is 4.79 Å². The number of nitrogens with zero attached hydrogens (tertiary/aromatic N) is 1. The second-order valence-electron chi connectivity index (χ2n) is 4.79. The number of hydrogen-bond acceptors (Lipinski definition) is 4. The van der Waals surface area contributed by atoms with Crippen LogP contribution in [0.15, 0.2) is 62.8 Å². The second kappa shape index (κ2) is 6.86. The normalized spacial score (nSPS) is 16.4. The van der Waals surface area contributed by atoms with Crippen LogP contribution >= 0.6 is 39.9 Å². The smallest absolute Gasteiger partial charge is 0.266 e. The molecule has 6 heteroatoms. The fourth-order valence-corrected chi connectivity index (χ4v) is 3.63. The molecule has 0 bridgehead atoms. The van der Waals surface area contributed by atoms with E-state index in [-0.39, 0.29) is 5.91 Å². The third-order valence-electron chi connectivity index (χ3n) is 3.21. The highest BCUT2D eigenvalue weighted by Gasteiger charge is 2.31. The van der Waals surface area contributed by atoms with Crippen LogP contribution in [0.1, 0.15) is 5.76 Å². The quantitative estimate of drug-likeness (QED) is 0.402. The van der Waals surface area contributed by atoms with Crippen LogP contribution in [0.2, 0.25) is 0 Å². The number of carbonyl (C=O) groups excluding carboxylic acids is 1. The summed E-state index contributed by atoms with van der Waals surface area (Å²) in [6.07, 6.45) is 3.39. The Hall–Kier alpha value is -1.63.